The van der Waals surface area contributed by atoms with Crippen molar-refractivity contribution in [2.24, 2.45) is 11.1 Å². The monoisotopic (exact) mass is 316 g/mol. The van der Waals surface area contributed by atoms with Crippen molar-refractivity contribution in [2.45, 2.75) is 59.5 Å². The van der Waals surface area contributed by atoms with E-state index >= 15 is 0 Å². The van der Waals surface area contributed by atoms with Gasteiger partial charge in [0.15, 0.2) is 0 Å². The summed E-state index contributed by atoms with van der Waals surface area (Å²) in [5.41, 5.74) is 4.21. The van der Waals surface area contributed by atoms with Gasteiger partial charge in [0.1, 0.15) is 0 Å². The summed E-state index contributed by atoms with van der Waals surface area (Å²) < 4.78 is 5.60. The Balaban J connectivity index is 4.54. The minimum Gasteiger partial charge on any atom is -0.374 e. The quantitative estimate of drug-likeness (QED) is 0.510. The van der Waals surface area contributed by atoms with Gasteiger partial charge in [0.2, 0.25) is 0 Å². The van der Waals surface area contributed by atoms with E-state index in [-0.39, 0.29) is 12.8 Å². The summed E-state index contributed by atoms with van der Waals surface area (Å²) in [6.45, 7) is 9.52. The molecule has 0 unspecified atom stereocenters. The fourth-order valence-electron chi connectivity index (χ4n) is 1.41. The molecule has 0 bridgehead atoms. The summed E-state index contributed by atoms with van der Waals surface area (Å²) in [5.74, 6) is -1.19. The molecule has 0 saturated carbocycles. The molecular formula is C15H28N2O5. The summed E-state index contributed by atoms with van der Waals surface area (Å²) in [4.78, 5) is 39.5. The number of hydroxylamine groups is 2. The van der Waals surface area contributed by atoms with Crippen LogP contribution in [0.1, 0.15) is 53.9 Å². The lowest BCUT2D eigenvalue weighted by Gasteiger charge is -2.28. The SMILES string of the molecule is CCCC(=O)N(C=O)OC(=O)C(C)(C)CCOC(C)(C)CN. The van der Waals surface area contributed by atoms with Gasteiger partial charge in [-0.3, -0.25) is 9.59 Å². The molecule has 2 amide bonds. The third-order valence-electron chi connectivity index (χ3n) is 3.25. The van der Waals surface area contributed by atoms with Crippen molar-refractivity contribution < 1.29 is 24.0 Å². The molecule has 0 aliphatic heterocycles. The maximum Gasteiger partial charge on any atom is 0.338 e. The first kappa shape index (κ1) is 20.5. The molecule has 22 heavy (non-hydrogen) atoms. The number of imide groups is 1. The lowest BCUT2D eigenvalue weighted by molar-refractivity contribution is -0.204. The first-order chi connectivity index (χ1) is 10.1. The van der Waals surface area contributed by atoms with Gasteiger partial charge in [0.25, 0.3) is 12.3 Å². The number of hydrogen-bond acceptors (Lipinski definition) is 6. The predicted octanol–water partition coefficient (Wildman–Crippen LogP) is 1.40. The maximum absolute atomic E-state index is 12.1. The van der Waals surface area contributed by atoms with Crippen molar-refractivity contribution in [3.8, 4) is 0 Å². The number of nitrogens with two attached hydrogens (primary N) is 1. The van der Waals surface area contributed by atoms with Crippen LogP contribution in [0.3, 0.4) is 0 Å². The van der Waals surface area contributed by atoms with Gasteiger partial charge in [-0.15, -0.1) is 5.06 Å². The van der Waals surface area contributed by atoms with Crippen LogP contribution in [0.15, 0.2) is 0 Å². The Bertz CT molecular complexity index is 393. The number of ether oxygens (including phenoxy) is 1. The molecule has 0 aromatic carbocycles. The summed E-state index contributed by atoms with van der Waals surface area (Å²) in [5, 5.41) is 0.457. The van der Waals surface area contributed by atoms with Gasteiger partial charge < -0.3 is 15.3 Å². The van der Waals surface area contributed by atoms with Gasteiger partial charge >= 0.3 is 5.97 Å². The zero-order chi connectivity index (χ0) is 17.4. The van der Waals surface area contributed by atoms with Crippen LogP contribution >= 0.6 is 0 Å². The van der Waals surface area contributed by atoms with E-state index in [1.165, 1.54) is 0 Å². The summed E-state index contributed by atoms with van der Waals surface area (Å²) in [7, 11) is 0. The molecule has 0 saturated heterocycles. The van der Waals surface area contributed by atoms with Crippen LogP contribution in [0.4, 0.5) is 0 Å². The number of hydrogen-bond donors (Lipinski definition) is 1. The van der Waals surface area contributed by atoms with Crippen LogP contribution in [0, 0.1) is 5.41 Å². The van der Waals surface area contributed by atoms with Crippen molar-refractivity contribution in [2.75, 3.05) is 13.2 Å². The fourth-order valence-corrected chi connectivity index (χ4v) is 1.41. The maximum atomic E-state index is 12.1. The zero-order valence-corrected chi connectivity index (χ0v) is 14.2. The molecule has 0 aromatic rings. The third-order valence-corrected chi connectivity index (χ3v) is 3.25. The summed E-state index contributed by atoms with van der Waals surface area (Å²) >= 11 is 0. The second kappa shape index (κ2) is 8.85. The molecule has 0 aliphatic carbocycles. The van der Waals surface area contributed by atoms with E-state index < -0.39 is 22.9 Å². The molecule has 0 heterocycles. The number of carbonyl (C=O) groups is 3. The van der Waals surface area contributed by atoms with E-state index in [2.05, 4.69) is 0 Å². The number of carbonyl (C=O) groups excluding carboxylic acids is 3. The first-order valence-corrected chi connectivity index (χ1v) is 7.43. The predicted molar refractivity (Wildman–Crippen MR) is 81.4 cm³/mol. The van der Waals surface area contributed by atoms with E-state index in [4.69, 9.17) is 15.3 Å². The zero-order valence-electron chi connectivity index (χ0n) is 14.2. The van der Waals surface area contributed by atoms with E-state index in [1.54, 1.807) is 20.8 Å². The first-order valence-electron chi connectivity index (χ1n) is 7.43. The molecule has 128 valence electrons. The highest BCUT2D eigenvalue weighted by molar-refractivity contribution is 5.87. The Labute approximate surface area is 132 Å². The minimum atomic E-state index is -0.890. The third kappa shape index (κ3) is 7.00. The van der Waals surface area contributed by atoms with Gasteiger partial charge in [0, 0.05) is 19.6 Å². The molecule has 2 N–H and O–H groups in total. The van der Waals surface area contributed by atoms with Gasteiger partial charge in [-0.25, -0.2) is 4.79 Å². The van der Waals surface area contributed by atoms with E-state index in [0.717, 1.165) is 0 Å². The van der Waals surface area contributed by atoms with Gasteiger partial charge in [-0.1, -0.05) is 6.92 Å². The van der Waals surface area contributed by atoms with Crippen molar-refractivity contribution in [1.29, 1.82) is 0 Å². The van der Waals surface area contributed by atoms with Crippen molar-refractivity contribution >= 4 is 18.3 Å². The van der Waals surface area contributed by atoms with E-state index in [0.29, 0.717) is 31.1 Å². The molecule has 0 aromatic heterocycles. The van der Waals surface area contributed by atoms with Gasteiger partial charge in [-0.2, -0.15) is 0 Å². The molecule has 0 radical (unpaired) electrons. The molecule has 0 spiro atoms. The highest BCUT2D eigenvalue weighted by Gasteiger charge is 2.33. The highest BCUT2D eigenvalue weighted by atomic mass is 16.7. The Kier molecular flexibility index (Phi) is 8.26. The average Bonchev–Trinajstić information content (AvgIpc) is 2.44. The lowest BCUT2D eigenvalue weighted by atomic mass is 9.90. The standard InChI is InChI=1S/C15H28N2O5/c1-6-7-12(19)17(11-18)22-13(20)14(2,3)8-9-21-15(4,5)10-16/h11H,6-10,16H2,1-5H3. The molecule has 0 aliphatic rings. The van der Waals surface area contributed by atoms with Gasteiger partial charge in [-0.05, 0) is 40.5 Å². The Morgan fingerprint density at radius 3 is 2.27 bits per heavy atom. The Hall–Kier alpha value is -1.47. The second-order valence-corrected chi connectivity index (χ2v) is 6.40. The van der Waals surface area contributed by atoms with E-state index in [9.17, 15) is 14.4 Å². The minimum absolute atomic E-state index is 0.139. The molecular weight excluding hydrogens is 288 g/mol. The fraction of sp³-hybridized carbons (Fsp3) is 0.800. The number of rotatable bonds is 9. The van der Waals surface area contributed by atoms with Crippen LogP contribution in [0.5, 0.6) is 0 Å². The van der Waals surface area contributed by atoms with Crippen molar-refractivity contribution in [3.05, 3.63) is 0 Å². The van der Waals surface area contributed by atoms with Crippen LogP contribution in [0.2, 0.25) is 0 Å². The van der Waals surface area contributed by atoms with E-state index in [1.807, 2.05) is 13.8 Å². The van der Waals surface area contributed by atoms with Gasteiger partial charge in [0.05, 0.1) is 11.0 Å². The largest absolute Gasteiger partial charge is 0.374 e. The topological polar surface area (TPSA) is 98.9 Å². The Morgan fingerprint density at radius 1 is 1.23 bits per heavy atom. The molecule has 0 rings (SSSR count). The highest BCUT2D eigenvalue weighted by Crippen LogP contribution is 2.24. The summed E-state index contributed by atoms with van der Waals surface area (Å²) in [6.07, 6.45) is 1.29. The van der Waals surface area contributed by atoms with Crippen LogP contribution in [0.25, 0.3) is 0 Å². The normalized spacial score (nSPS) is 11.9. The molecule has 7 heteroatoms. The number of nitrogens with zero attached hydrogens (tertiary/aromatic N) is 1. The van der Waals surface area contributed by atoms with Crippen LogP contribution in [-0.2, 0) is 24.0 Å². The molecule has 7 nitrogen and oxygen atoms in total. The van der Waals surface area contributed by atoms with Crippen molar-refractivity contribution in [3.63, 3.8) is 0 Å². The number of amides is 2. The van der Waals surface area contributed by atoms with Crippen LogP contribution in [-0.4, -0.2) is 42.1 Å². The lowest BCUT2D eigenvalue weighted by Crippen LogP contribution is -2.39. The molecule has 0 atom stereocenters. The average molecular weight is 316 g/mol. The second-order valence-electron chi connectivity index (χ2n) is 6.40. The van der Waals surface area contributed by atoms with Crippen molar-refractivity contribution in [1.82, 2.24) is 5.06 Å². The van der Waals surface area contributed by atoms with Crippen LogP contribution < -0.4 is 5.73 Å². The smallest absolute Gasteiger partial charge is 0.338 e. The Morgan fingerprint density at radius 2 is 1.82 bits per heavy atom. The molecule has 0 fully saturated rings. The summed E-state index contributed by atoms with van der Waals surface area (Å²) in [6, 6.07) is 0.